The van der Waals surface area contributed by atoms with Crippen molar-refractivity contribution in [3.8, 4) is 0 Å². The number of aliphatic hydroxyl groups is 1. The van der Waals surface area contributed by atoms with Crippen molar-refractivity contribution in [1.29, 1.82) is 0 Å². The minimum absolute atomic E-state index is 0.0886. The molecule has 0 aromatic rings. The number of allylic oxidation sites excluding steroid dienone is 1. The van der Waals surface area contributed by atoms with Gasteiger partial charge < -0.3 is 10.2 Å². The minimum Gasteiger partial charge on any atom is -0.481 e. The van der Waals surface area contributed by atoms with Crippen LogP contribution in [0.3, 0.4) is 0 Å². The maximum atomic E-state index is 12.0. The normalized spacial score (nSPS) is 46.2. The molecule has 0 aromatic heterocycles. The Morgan fingerprint density at radius 3 is 2.61 bits per heavy atom. The molecule has 2 N–H and O–H groups in total. The van der Waals surface area contributed by atoms with Crippen molar-refractivity contribution in [2.75, 3.05) is 0 Å². The van der Waals surface area contributed by atoms with Gasteiger partial charge in [-0.15, -0.1) is 0 Å². The summed E-state index contributed by atoms with van der Waals surface area (Å²) < 4.78 is 0. The maximum absolute atomic E-state index is 12.0. The number of alkyl halides is 1. The number of carboxylic acids is 1. The number of aliphatic carboxylic acids is 1. The van der Waals surface area contributed by atoms with Crippen molar-refractivity contribution in [3.63, 3.8) is 0 Å². The number of hydrogen-bond donors (Lipinski definition) is 2. The Morgan fingerprint density at radius 2 is 1.89 bits per heavy atom. The third-order valence-electron chi connectivity index (χ3n) is 9.31. The molecule has 5 heteroatoms. The van der Waals surface area contributed by atoms with Gasteiger partial charge in [-0.25, -0.2) is 0 Å². The number of rotatable bonds is 4. The van der Waals surface area contributed by atoms with Gasteiger partial charge in [0.05, 0.1) is 5.60 Å². The van der Waals surface area contributed by atoms with Gasteiger partial charge in [0.15, 0.2) is 5.78 Å². The summed E-state index contributed by atoms with van der Waals surface area (Å²) in [5.41, 5.74) is 0.526. The summed E-state index contributed by atoms with van der Waals surface area (Å²) in [6.07, 6.45) is 10.2. The highest BCUT2D eigenvalue weighted by Crippen LogP contribution is 2.68. The largest absolute Gasteiger partial charge is 0.481 e. The monoisotopic (exact) mass is 452 g/mol. The second kappa shape index (κ2) is 6.94. The molecule has 7 atom stereocenters. The number of fused-ring (bicyclic) bond motifs is 5. The lowest BCUT2D eigenvalue weighted by Crippen LogP contribution is -2.57. The first kappa shape index (κ1) is 20.6. The van der Waals surface area contributed by atoms with E-state index in [0.717, 1.165) is 44.9 Å². The van der Waals surface area contributed by atoms with Crippen LogP contribution in [0.25, 0.3) is 0 Å². The molecule has 28 heavy (non-hydrogen) atoms. The van der Waals surface area contributed by atoms with Crippen LogP contribution in [0.5, 0.6) is 0 Å². The van der Waals surface area contributed by atoms with Crippen molar-refractivity contribution in [2.24, 2.45) is 28.6 Å². The van der Waals surface area contributed by atoms with Crippen molar-refractivity contribution in [2.45, 2.75) is 88.5 Å². The molecule has 0 aromatic carbocycles. The summed E-state index contributed by atoms with van der Waals surface area (Å²) in [5.74, 6) is 1.18. The molecule has 4 nitrogen and oxygen atoms in total. The van der Waals surface area contributed by atoms with Gasteiger partial charge in [-0.1, -0.05) is 35.4 Å². The molecule has 4 aliphatic carbocycles. The smallest absolute Gasteiger partial charge is 0.303 e. The number of hydrogen-bond acceptors (Lipinski definition) is 3. The average molecular weight is 453 g/mol. The zero-order valence-corrected chi connectivity index (χ0v) is 18.6. The molecular weight excluding hydrogens is 420 g/mol. The van der Waals surface area contributed by atoms with Gasteiger partial charge in [0.2, 0.25) is 0 Å². The van der Waals surface area contributed by atoms with E-state index in [0.29, 0.717) is 36.4 Å². The van der Waals surface area contributed by atoms with Crippen LogP contribution in [0.2, 0.25) is 0 Å². The topological polar surface area (TPSA) is 74.6 Å². The Bertz CT molecular complexity index is 717. The van der Waals surface area contributed by atoms with Crippen LogP contribution in [0.4, 0.5) is 0 Å². The van der Waals surface area contributed by atoms with E-state index in [9.17, 15) is 14.7 Å². The van der Waals surface area contributed by atoms with E-state index in [-0.39, 0.29) is 22.1 Å². The molecule has 3 fully saturated rings. The van der Waals surface area contributed by atoms with E-state index < -0.39 is 11.6 Å². The first-order valence-corrected chi connectivity index (χ1v) is 11.9. The molecule has 0 bridgehead atoms. The van der Waals surface area contributed by atoms with Crippen molar-refractivity contribution < 1.29 is 19.8 Å². The number of ketones is 1. The Morgan fingerprint density at radius 1 is 1.18 bits per heavy atom. The summed E-state index contributed by atoms with van der Waals surface area (Å²) in [7, 11) is 0. The third kappa shape index (κ3) is 2.86. The molecule has 0 heterocycles. The van der Waals surface area contributed by atoms with Crippen molar-refractivity contribution >= 4 is 27.7 Å². The number of halogens is 1. The van der Waals surface area contributed by atoms with E-state index in [1.165, 1.54) is 5.57 Å². The lowest BCUT2D eigenvalue weighted by molar-refractivity contribution is -0.139. The molecule has 0 radical (unpaired) electrons. The fraction of sp³-hybridized carbons (Fsp3) is 0.826. The van der Waals surface area contributed by atoms with Gasteiger partial charge in [0.25, 0.3) is 0 Å². The summed E-state index contributed by atoms with van der Waals surface area (Å²) in [6.45, 7) is 4.64. The van der Waals surface area contributed by atoms with Crippen LogP contribution >= 0.6 is 15.9 Å². The highest BCUT2D eigenvalue weighted by Gasteiger charge is 2.65. The second-order valence-electron chi connectivity index (χ2n) is 10.3. The summed E-state index contributed by atoms with van der Waals surface area (Å²) in [5, 5.41) is 20.8. The molecule has 0 spiro atoms. The lowest BCUT2D eigenvalue weighted by Gasteiger charge is -2.59. The highest BCUT2D eigenvalue weighted by molar-refractivity contribution is 9.09. The first-order chi connectivity index (χ1) is 13.1. The molecule has 4 rings (SSSR count). The fourth-order valence-corrected chi connectivity index (χ4v) is 8.59. The van der Waals surface area contributed by atoms with Crippen molar-refractivity contribution in [1.82, 2.24) is 0 Å². The maximum Gasteiger partial charge on any atom is 0.303 e. The number of carbonyl (C=O) groups excluding carboxylic acids is 1. The molecule has 0 saturated heterocycles. The standard InChI is InChI=1S/C23H33BrO4/c1-21-10-7-15(25)13-14(21)3-4-16-17(21)8-11-22(2)18(16)9-12-23(22,28)19(24)5-6-20(26)27/h13,16-19,28H,3-12H2,1-2H3,(H,26,27)/t16-,17+,18+,19?,21+,22+,23+/m1/s1. The molecule has 0 amide bonds. The Hall–Kier alpha value is -0.680. The zero-order chi connectivity index (χ0) is 20.3. The predicted octanol–water partition coefficient (Wildman–Crippen LogP) is 4.88. The molecule has 1 unspecified atom stereocenters. The average Bonchev–Trinajstić information content (AvgIpc) is 2.92. The van der Waals surface area contributed by atoms with E-state index >= 15 is 0 Å². The minimum atomic E-state index is -0.836. The molecular formula is C23H33BrO4. The summed E-state index contributed by atoms with van der Waals surface area (Å²) >= 11 is 3.69. The molecule has 156 valence electrons. The summed E-state index contributed by atoms with van der Waals surface area (Å²) in [4.78, 5) is 22.8. The Labute approximate surface area is 176 Å². The van der Waals surface area contributed by atoms with E-state index in [2.05, 4.69) is 29.8 Å². The van der Waals surface area contributed by atoms with E-state index in [1.54, 1.807) is 0 Å². The molecule has 4 aliphatic rings. The Kier molecular flexibility index (Phi) is 5.10. The van der Waals surface area contributed by atoms with Crippen LogP contribution in [0.1, 0.15) is 78.1 Å². The van der Waals surface area contributed by atoms with Crippen LogP contribution in [-0.2, 0) is 9.59 Å². The van der Waals surface area contributed by atoms with Crippen LogP contribution < -0.4 is 0 Å². The predicted molar refractivity (Wildman–Crippen MR) is 111 cm³/mol. The second-order valence-corrected chi connectivity index (χ2v) is 11.4. The zero-order valence-electron chi connectivity index (χ0n) is 17.0. The van der Waals surface area contributed by atoms with Gasteiger partial charge in [0, 0.05) is 23.1 Å². The van der Waals surface area contributed by atoms with Gasteiger partial charge in [0.1, 0.15) is 0 Å². The molecule has 0 aliphatic heterocycles. The summed E-state index contributed by atoms with van der Waals surface area (Å²) in [6, 6.07) is 0. The van der Waals surface area contributed by atoms with E-state index in [1.807, 2.05) is 6.08 Å². The lowest BCUT2D eigenvalue weighted by atomic mass is 9.46. The third-order valence-corrected chi connectivity index (χ3v) is 10.5. The van der Waals surface area contributed by atoms with Gasteiger partial charge in [-0.05, 0) is 80.6 Å². The van der Waals surface area contributed by atoms with Gasteiger partial charge in [-0.2, -0.15) is 0 Å². The van der Waals surface area contributed by atoms with Crippen LogP contribution in [0.15, 0.2) is 11.6 Å². The van der Waals surface area contributed by atoms with Gasteiger partial charge in [-0.3, -0.25) is 9.59 Å². The fourth-order valence-electron chi connectivity index (χ4n) is 7.61. The van der Waals surface area contributed by atoms with E-state index in [4.69, 9.17) is 5.11 Å². The quantitative estimate of drug-likeness (QED) is 0.596. The molecule has 3 saturated carbocycles. The van der Waals surface area contributed by atoms with Crippen LogP contribution in [0, 0.1) is 28.6 Å². The first-order valence-electron chi connectivity index (χ1n) is 10.9. The number of carbonyl (C=O) groups is 2. The van der Waals surface area contributed by atoms with Gasteiger partial charge >= 0.3 is 5.97 Å². The highest BCUT2D eigenvalue weighted by atomic mass is 79.9. The van der Waals surface area contributed by atoms with Crippen LogP contribution in [-0.4, -0.2) is 32.4 Å². The van der Waals surface area contributed by atoms with Crippen molar-refractivity contribution in [3.05, 3.63) is 11.6 Å². The Balaban J connectivity index is 1.59. The number of carboxylic acid groups (broad SMARTS) is 1. The SMILES string of the molecule is C[C@]12CCC(=O)C=C1CC[C@@H]1[C@@H]2CC[C@@]2(C)[C@H]1CC[C@]2(O)C(Br)CCC(=O)O.